The Bertz CT molecular complexity index is 1570. The molecule has 1 unspecified atom stereocenters. The molecule has 0 saturated carbocycles. The van der Waals surface area contributed by atoms with Gasteiger partial charge in [0.15, 0.2) is 17.2 Å². The number of fused-ring (bicyclic) bond motifs is 3. The van der Waals surface area contributed by atoms with Crippen molar-refractivity contribution in [3.05, 3.63) is 47.5 Å². The van der Waals surface area contributed by atoms with Crippen molar-refractivity contribution in [1.82, 2.24) is 24.4 Å². The third-order valence-corrected chi connectivity index (χ3v) is 6.66. The number of halogens is 1. The van der Waals surface area contributed by atoms with Crippen LogP contribution in [-0.2, 0) is 18.3 Å². The zero-order chi connectivity index (χ0) is 26.8. The molecule has 11 nitrogen and oxygen atoms in total. The third kappa shape index (κ3) is 3.87. The number of carbonyl (C=O) groups excluding carboxylic acids is 1. The third-order valence-electron chi connectivity index (χ3n) is 6.66. The molecule has 1 atom stereocenters. The average molecular weight is 522 g/mol. The summed E-state index contributed by atoms with van der Waals surface area (Å²) in [6.45, 7) is 5.82. The van der Waals surface area contributed by atoms with E-state index in [2.05, 4.69) is 20.6 Å². The van der Waals surface area contributed by atoms with E-state index in [1.165, 1.54) is 17.3 Å². The number of nitrogens with one attached hydrogen (secondary N) is 1. The summed E-state index contributed by atoms with van der Waals surface area (Å²) >= 11 is 0. The Morgan fingerprint density at radius 3 is 2.66 bits per heavy atom. The maximum atomic E-state index is 15.3. The standard InChI is InChI=1S/C26H28FN7O4/c1-26(2,3)38-25(35)33-10-16-17(27)6-7-19-22(16)14(11-36-19)12-37-20-8-15(18-9-21(28-4)31-32(18)5)23-30-29-13-34(23)24(20)33/h6-9,13-14H,10-12H2,1-5H3,(H,28,31). The molecule has 38 heavy (non-hydrogen) atoms. The van der Waals surface area contributed by atoms with Crippen LogP contribution in [0, 0.1) is 5.82 Å². The zero-order valence-electron chi connectivity index (χ0n) is 21.8. The van der Waals surface area contributed by atoms with Gasteiger partial charge in [-0.3, -0.25) is 14.0 Å². The van der Waals surface area contributed by atoms with Gasteiger partial charge < -0.3 is 19.5 Å². The minimum Gasteiger partial charge on any atom is -0.493 e. The summed E-state index contributed by atoms with van der Waals surface area (Å²) in [6, 6.07) is 6.69. The first-order valence-electron chi connectivity index (χ1n) is 12.3. The molecule has 0 bridgehead atoms. The molecular weight excluding hydrogens is 493 g/mol. The monoisotopic (exact) mass is 521 g/mol. The van der Waals surface area contributed by atoms with Crippen LogP contribution in [-0.4, -0.2) is 56.3 Å². The summed E-state index contributed by atoms with van der Waals surface area (Å²) in [5, 5.41) is 16.0. The van der Waals surface area contributed by atoms with E-state index in [4.69, 9.17) is 14.2 Å². The topological polar surface area (TPSA) is 108 Å². The van der Waals surface area contributed by atoms with Crippen molar-refractivity contribution in [2.45, 2.75) is 38.8 Å². The van der Waals surface area contributed by atoms with Crippen LogP contribution in [0.3, 0.4) is 0 Å². The highest BCUT2D eigenvalue weighted by molar-refractivity contribution is 5.92. The summed E-state index contributed by atoms with van der Waals surface area (Å²) in [6.07, 6.45) is 0.851. The Kier molecular flexibility index (Phi) is 5.44. The molecule has 1 N–H and O–H groups in total. The normalized spacial score (nSPS) is 16.6. The van der Waals surface area contributed by atoms with Crippen LogP contribution in [0.1, 0.15) is 37.8 Å². The molecule has 198 valence electrons. The number of pyridine rings is 1. The fraction of sp³-hybridized carbons (Fsp3) is 0.385. The maximum Gasteiger partial charge on any atom is 0.416 e. The van der Waals surface area contributed by atoms with E-state index >= 15 is 4.39 Å². The largest absolute Gasteiger partial charge is 0.493 e. The maximum absolute atomic E-state index is 15.3. The molecule has 2 aliphatic rings. The Labute approximate surface area is 218 Å². The van der Waals surface area contributed by atoms with Crippen molar-refractivity contribution in [3.8, 4) is 22.8 Å². The second-order valence-corrected chi connectivity index (χ2v) is 10.4. The van der Waals surface area contributed by atoms with E-state index in [9.17, 15) is 4.79 Å². The smallest absolute Gasteiger partial charge is 0.416 e. The first kappa shape index (κ1) is 24.0. The zero-order valence-corrected chi connectivity index (χ0v) is 21.8. The molecule has 6 rings (SSSR count). The number of hydrogen-bond donors (Lipinski definition) is 1. The number of aromatic nitrogens is 5. The van der Waals surface area contributed by atoms with E-state index in [0.717, 1.165) is 5.69 Å². The van der Waals surface area contributed by atoms with Gasteiger partial charge in [-0.1, -0.05) is 0 Å². The molecule has 0 spiro atoms. The number of carbonyl (C=O) groups is 1. The van der Waals surface area contributed by atoms with E-state index < -0.39 is 17.5 Å². The number of nitrogens with zero attached hydrogens (tertiary/aromatic N) is 6. The highest BCUT2D eigenvalue weighted by Crippen LogP contribution is 2.44. The Morgan fingerprint density at radius 2 is 1.95 bits per heavy atom. The summed E-state index contributed by atoms with van der Waals surface area (Å²) < 4.78 is 36.8. The predicted molar refractivity (Wildman–Crippen MR) is 137 cm³/mol. The number of rotatable bonds is 2. The minimum atomic E-state index is -0.788. The van der Waals surface area contributed by atoms with Crippen molar-refractivity contribution in [3.63, 3.8) is 0 Å². The predicted octanol–water partition coefficient (Wildman–Crippen LogP) is 4.12. The number of benzene rings is 1. The molecular formula is C26H28FN7O4. The number of anilines is 2. The molecule has 1 amide bonds. The number of hydrogen-bond acceptors (Lipinski definition) is 8. The van der Waals surface area contributed by atoms with Crippen molar-refractivity contribution < 1.29 is 23.4 Å². The van der Waals surface area contributed by atoms with Gasteiger partial charge in [-0.25, -0.2) is 9.18 Å². The van der Waals surface area contributed by atoms with Crippen LogP contribution < -0.4 is 19.7 Å². The summed E-state index contributed by atoms with van der Waals surface area (Å²) in [5.74, 6) is 1.37. The fourth-order valence-corrected chi connectivity index (χ4v) is 5.00. The van der Waals surface area contributed by atoms with Gasteiger partial charge in [-0.05, 0) is 39.0 Å². The van der Waals surface area contributed by atoms with Gasteiger partial charge >= 0.3 is 6.09 Å². The fourth-order valence-electron chi connectivity index (χ4n) is 5.00. The van der Waals surface area contributed by atoms with Gasteiger partial charge in [0.1, 0.15) is 29.3 Å². The number of amides is 1. The first-order valence-corrected chi connectivity index (χ1v) is 12.3. The molecule has 0 saturated heterocycles. The number of aryl methyl sites for hydroxylation is 1. The average Bonchev–Trinajstić information content (AvgIpc) is 3.59. The lowest BCUT2D eigenvalue weighted by Gasteiger charge is -2.29. The van der Waals surface area contributed by atoms with Gasteiger partial charge in [-0.2, -0.15) is 5.10 Å². The molecule has 0 aliphatic carbocycles. The Balaban J connectivity index is 1.60. The Morgan fingerprint density at radius 1 is 1.18 bits per heavy atom. The molecule has 0 radical (unpaired) electrons. The van der Waals surface area contributed by atoms with Gasteiger partial charge in [0, 0.05) is 36.9 Å². The van der Waals surface area contributed by atoms with Gasteiger partial charge in [0.05, 0.1) is 31.4 Å². The summed E-state index contributed by atoms with van der Waals surface area (Å²) in [5.41, 5.74) is 2.23. The SMILES string of the molecule is CNc1cc(-c2cc3c(n4cnnc24)N(C(=O)OC(C)(C)C)Cc2c(F)ccc4c2C(CO4)CO3)n(C)n1. The van der Waals surface area contributed by atoms with Crippen LogP contribution in [0.4, 0.5) is 20.8 Å². The lowest BCUT2D eigenvalue weighted by Crippen LogP contribution is -2.38. The molecule has 5 heterocycles. The van der Waals surface area contributed by atoms with E-state index in [-0.39, 0.29) is 19.1 Å². The van der Waals surface area contributed by atoms with Crippen molar-refractivity contribution in [2.75, 3.05) is 30.5 Å². The van der Waals surface area contributed by atoms with Gasteiger partial charge in [-0.15, -0.1) is 10.2 Å². The van der Waals surface area contributed by atoms with Crippen LogP contribution in [0.25, 0.3) is 16.9 Å². The van der Waals surface area contributed by atoms with Crippen LogP contribution in [0.5, 0.6) is 11.5 Å². The van der Waals surface area contributed by atoms with E-state index in [0.29, 0.717) is 52.1 Å². The van der Waals surface area contributed by atoms with Crippen LogP contribution in [0.15, 0.2) is 30.6 Å². The van der Waals surface area contributed by atoms with E-state index in [1.54, 1.807) is 43.0 Å². The van der Waals surface area contributed by atoms with E-state index in [1.807, 2.05) is 19.2 Å². The lowest BCUT2D eigenvalue weighted by atomic mass is 9.95. The quantitative estimate of drug-likeness (QED) is 0.420. The van der Waals surface area contributed by atoms with Crippen LogP contribution >= 0.6 is 0 Å². The molecule has 2 aliphatic heterocycles. The lowest BCUT2D eigenvalue weighted by molar-refractivity contribution is 0.0574. The van der Waals surface area contributed by atoms with Crippen molar-refractivity contribution in [1.29, 1.82) is 0 Å². The van der Waals surface area contributed by atoms with Gasteiger partial charge in [0.2, 0.25) is 0 Å². The van der Waals surface area contributed by atoms with Gasteiger partial charge in [0.25, 0.3) is 0 Å². The summed E-state index contributed by atoms with van der Waals surface area (Å²) in [4.78, 5) is 15.1. The highest BCUT2D eigenvalue weighted by atomic mass is 19.1. The minimum absolute atomic E-state index is 0.0949. The molecule has 3 aromatic heterocycles. The Hall–Kier alpha value is -4.35. The van der Waals surface area contributed by atoms with Crippen molar-refractivity contribution in [2.24, 2.45) is 7.05 Å². The number of ether oxygens (including phenoxy) is 3. The highest BCUT2D eigenvalue weighted by Gasteiger charge is 2.37. The molecule has 4 aromatic rings. The summed E-state index contributed by atoms with van der Waals surface area (Å²) in [7, 11) is 3.62. The second kappa shape index (κ2) is 8.61. The molecule has 0 fully saturated rings. The second-order valence-electron chi connectivity index (χ2n) is 10.4. The molecule has 12 heteroatoms. The van der Waals surface area contributed by atoms with Crippen molar-refractivity contribution >= 4 is 23.4 Å². The first-order chi connectivity index (χ1) is 18.1. The molecule has 1 aromatic carbocycles. The van der Waals surface area contributed by atoms with Crippen LogP contribution in [0.2, 0.25) is 0 Å².